The van der Waals surface area contributed by atoms with Crippen LogP contribution in [-0.2, 0) is 4.79 Å². The second kappa shape index (κ2) is 8.78. The number of hydrogen-bond donors (Lipinski definition) is 1. The summed E-state index contributed by atoms with van der Waals surface area (Å²) < 4.78 is 5.49. The van der Waals surface area contributed by atoms with Crippen LogP contribution >= 0.6 is 46.6 Å². The number of nitro groups is 1. The van der Waals surface area contributed by atoms with E-state index in [9.17, 15) is 14.9 Å². The summed E-state index contributed by atoms with van der Waals surface area (Å²) in [7, 11) is 0. The molecule has 0 unspecified atom stereocenters. The third-order valence-corrected chi connectivity index (χ3v) is 5.08. The number of nitrogens with zero attached hydrogens (tertiary/aromatic N) is 3. The molecule has 3 aromatic rings. The number of nitrogens with one attached hydrogen (secondary N) is 1. The molecular weight excluding hydrogens is 451 g/mol. The van der Waals surface area contributed by atoms with Gasteiger partial charge in [-0.05, 0) is 12.1 Å². The van der Waals surface area contributed by atoms with Crippen LogP contribution in [0.15, 0.2) is 46.0 Å². The third kappa shape index (κ3) is 4.74. The number of anilines is 1. The van der Waals surface area contributed by atoms with Crippen LogP contribution in [0.3, 0.4) is 0 Å². The first-order valence-electron chi connectivity index (χ1n) is 7.49. The number of carbonyl (C=O) groups is 1. The van der Waals surface area contributed by atoms with Crippen LogP contribution in [0.5, 0.6) is 0 Å². The first-order chi connectivity index (χ1) is 13.3. The monoisotopic (exact) mass is 458 g/mol. The van der Waals surface area contributed by atoms with Crippen LogP contribution in [0.4, 0.5) is 11.4 Å². The number of amides is 1. The van der Waals surface area contributed by atoms with Crippen molar-refractivity contribution in [2.24, 2.45) is 0 Å². The van der Waals surface area contributed by atoms with E-state index in [0.717, 1.165) is 23.9 Å². The SMILES string of the molecule is O=C(CSc1nnc(-c2ccccc2Cl)o1)Nc1c(Cl)cc([N+](=O)[O-])cc1Cl. The zero-order chi connectivity index (χ0) is 20.3. The number of hydrogen-bond acceptors (Lipinski definition) is 7. The van der Waals surface area contributed by atoms with E-state index in [-0.39, 0.29) is 38.3 Å². The molecule has 1 aromatic heterocycles. The van der Waals surface area contributed by atoms with Gasteiger partial charge in [0.15, 0.2) is 0 Å². The number of carbonyl (C=O) groups excluding carboxylic acids is 1. The third-order valence-electron chi connectivity index (χ3n) is 3.34. The summed E-state index contributed by atoms with van der Waals surface area (Å²) >= 11 is 19.0. The van der Waals surface area contributed by atoms with Gasteiger partial charge in [-0.25, -0.2) is 0 Å². The van der Waals surface area contributed by atoms with Crippen molar-refractivity contribution >= 4 is 63.8 Å². The van der Waals surface area contributed by atoms with Crippen molar-refractivity contribution in [3.05, 3.63) is 61.6 Å². The number of non-ortho nitro benzene ring substituents is 1. The highest BCUT2D eigenvalue weighted by Crippen LogP contribution is 2.35. The van der Waals surface area contributed by atoms with Gasteiger partial charge in [0, 0.05) is 12.1 Å². The highest BCUT2D eigenvalue weighted by Gasteiger charge is 2.18. The Kier molecular flexibility index (Phi) is 6.40. The van der Waals surface area contributed by atoms with E-state index >= 15 is 0 Å². The zero-order valence-electron chi connectivity index (χ0n) is 13.7. The number of aromatic nitrogens is 2. The van der Waals surface area contributed by atoms with E-state index < -0.39 is 10.8 Å². The molecule has 0 atom stereocenters. The van der Waals surface area contributed by atoms with Crippen molar-refractivity contribution in [3.63, 3.8) is 0 Å². The molecule has 0 aliphatic rings. The molecule has 0 bridgehead atoms. The minimum atomic E-state index is -0.634. The van der Waals surface area contributed by atoms with Gasteiger partial charge in [0.2, 0.25) is 11.8 Å². The molecule has 1 heterocycles. The highest BCUT2D eigenvalue weighted by molar-refractivity contribution is 7.99. The van der Waals surface area contributed by atoms with Crippen molar-refractivity contribution in [3.8, 4) is 11.5 Å². The molecule has 0 radical (unpaired) electrons. The van der Waals surface area contributed by atoms with Gasteiger partial charge in [0.05, 0.1) is 37.0 Å². The molecule has 0 saturated heterocycles. The van der Waals surface area contributed by atoms with Gasteiger partial charge in [0.1, 0.15) is 0 Å². The molecule has 8 nitrogen and oxygen atoms in total. The lowest BCUT2D eigenvalue weighted by atomic mass is 10.2. The minimum absolute atomic E-state index is 0.0450. The second-order valence-corrected chi connectivity index (χ2v) is 7.38. The molecule has 0 saturated carbocycles. The van der Waals surface area contributed by atoms with Gasteiger partial charge in [-0.1, -0.05) is 58.7 Å². The van der Waals surface area contributed by atoms with Crippen LogP contribution < -0.4 is 5.32 Å². The summed E-state index contributed by atoms with van der Waals surface area (Å²) in [6, 6.07) is 9.18. The van der Waals surface area contributed by atoms with E-state index in [1.165, 1.54) is 0 Å². The molecule has 1 amide bonds. The maximum Gasteiger partial charge on any atom is 0.277 e. The Morgan fingerprint density at radius 1 is 1.14 bits per heavy atom. The average Bonchev–Trinajstić information content (AvgIpc) is 3.12. The number of thioether (sulfide) groups is 1. The molecule has 144 valence electrons. The number of nitro benzene ring substituents is 1. The van der Waals surface area contributed by atoms with Crippen molar-refractivity contribution in [1.29, 1.82) is 0 Å². The van der Waals surface area contributed by atoms with Gasteiger partial charge in [-0.15, -0.1) is 10.2 Å². The molecule has 3 rings (SSSR count). The summed E-state index contributed by atoms with van der Waals surface area (Å²) in [5.41, 5.74) is 0.388. The molecule has 12 heteroatoms. The molecular formula is C16H9Cl3N4O4S. The van der Waals surface area contributed by atoms with E-state index in [1.807, 2.05) is 0 Å². The fourth-order valence-corrected chi connectivity index (χ4v) is 3.45. The Hall–Kier alpha value is -2.33. The number of benzene rings is 2. The zero-order valence-corrected chi connectivity index (χ0v) is 16.8. The van der Waals surface area contributed by atoms with Crippen LogP contribution in [0, 0.1) is 10.1 Å². The molecule has 0 aliphatic heterocycles. The smallest absolute Gasteiger partial charge is 0.277 e. The Morgan fingerprint density at radius 2 is 1.82 bits per heavy atom. The van der Waals surface area contributed by atoms with Gasteiger partial charge in [-0.2, -0.15) is 0 Å². The lowest BCUT2D eigenvalue weighted by Gasteiger charge is -2.08. The van der Waals surface area contributed by atoms with Crippen LogP contribution in [0.1, 0.15) is 0 Å². The standard InChI is InChI=1S/C16H9Cl3N4O4S/c17-10-4-2-1-3-9(10)15-21-22-16(27-15)28-7-13(24)20-14-11(18)5-8(23(25)26)6-12(14)19/h1-6H,7H2,(H,20,24). The molecule has 0 fully saturated rings. The maximum atomic E-state index is 12.1. The summed E-state index contributed by atoms with van der Waals surface area (Å²) in [6.07, 6.45) is 0. The van der Waals surface area contributed by atoms with E-state index in [1.54, 1.807) is 24.3 Å². The normalized spacial score (nSPS) is 10.7. The molecule has 0 spiro atoms. The fraction of sp³-hybridized carbons (Fsp3) is 0.0625. The van der Waals surface area contributed by atoms with Gasteiger partial charge >= 0.3 is 0 Å². The highest BCUT2D eigenvalue weighted by atomic mass is 35.5. The lowest BCUT2D eigenvalue weighted by molar-refractivity contribution is -0.384. The Labute approximate surface area is 177 Å². The van der Waals surface area contributed by atoms with Gasteiger partial charge in [0.25, 0.3) is 10.9 Å². The van der Waals surface area contributed by atoms with Crippen molar-refractivity contribution in [1.82, 2.24) is 10.2 Å². The van der Waals surface area contributed by atoms with Crippen molar-refractivity contribution in [2.75, 3.05) is 11.1 Å². The first-order valence-corrected chi connectivity index (χ1v) is 9.61. The molecule has 0 aliphatic carbocycles. The number of rotatable bonds is 6. The van der Waals surface area contributed by atoms with E-state index in [4.69, 9.17) is 39.2 Å². The Balaban J connectivity index is 1.64. The second-order valence-electron chi connectivity index (χ2n) is 5.23. The van der Waals surface area contributed by atoms with Crippen LogP contribution in [-0.4, -0.2) is 26.8 Å². The summed E-state index contributed by atoms with van der Waals surface area (Å²) in [5, 5.41) is 21.6. The quantitative estimate of drug-likeness (QED) is 0.301. The predicted molar refractivity (Wildman–Crippen MR) is 107 cm³/mol. The van der Waals surface area contributed by atoms with Crippen molar-refractivity contribution in [2.45, 2.75) is 5.22 Å². The van der Waals surface area contributed by atoms with Crippen LogP contribution in [0.25, 0.3) is 11.5 Å². The van der Waals surface area contributed by atoms with E-state index in [2.05, 4.69) is 15.5 Å². The molecule has 2 aromatic carbocycles. The summed E-state index contributed by atoms with van der Waals surface area (Å²) in [5.74, 6) is -0.302. The maximum absolute atomic E-state index is 12.1. The lowest BCUT2D eigenvalue weighted by Crippen LogP contribution is -2.14. The minimum Gasteiger partial charge on any atom is -0.411 e. The largest absolute Gasteiger partial charge is 0.411 e. The fourth-order valence-electron chi connectivity index (χ4n) is 2.10. The summed E-state index contributed by atoms with van der Waals surface area (Å²) in [6.45, 7) is 0. The van der Waals surface area contributed by atoms with Gasteiger partial charge < -0.3 is 9.73 Å². The van der Waals surface area contributed by atoms with Crippen LogP contribution in [0.2, 0.25) is 15.1 Å². The van der Waals surface area contributed by atoms with E-state index in [0.29, 0.717) is 10.6 Å². The Bertz CT molecular complexity index is 1040. The topological polar surface area (TPSA) is 111 Å². The van der Waals surface area contributed by atoms with Gasteiger partial charge in [-0.3, -0.25) is 14.9 Å². The molecule has 1 N–H and O–H groups in total. The predicted octanol–water partition coefficient (Wildman–Crippen LogP) is 5.34. The Morgan fingerprint density at radius 3 is 2.46 bits per heavy atom. The average molecular weight is 460 g/mol. The van der Waals surface area contributed by atoms with Crippen molar-refractivity contribution < 1.29 is 14.1 Å². The molecule has 28 heavy (non-hydrogen) atoms. The summed E-state index contributed by atoms with van der Waals surface area (Å²) in [4.78, 5) is 22.3. The number of halogens is 3. The first kappa shape index (κ1) is 20.4.